The number of aromatic nitrogens is 1. The summed E-state index contributed by atoms with van der Waals surface area (Å²) in [5, 5.41) is 11.4. The van der Waals surface area contributed by atoms with Crippen molar-refractivity contribution in [3.63, 3.8) is 0 Å². The van der Waals surface area contributed by atoms with Crippen LogP contribution in [-0.4, -0.2) is 9.91 Å². The van der Waals surface area contributed by atoms with Crippen molar-refractivity contribution in [3.05, 3.63) is 51.8 Å². The molecule has 2 rings (SSSR count). The second kappa shape index (κ2) is 4.18. The standard InChI is InChI=1S/C12H12N2O2/c1-2-9-10-5-3-4-6-11(10)13-12(9)7-8-14(15)16/h3-8,13H,2H2,1H3. The largest absolute Gasteiger partial charge is 0.355 e. The van der Waals surface area contributed by atoms with Crippen LogP contribution in [0.2, 0.25) is 0 Å². The minimum atomic E-state index is -0.453. The molecular weight excluding hydrogens is 204 g/mol. The van der Waals surface area contributed by atoms with Gasteiger partial charge >= 0.3 is 0 Å². The molecule has 0 saturated heterocycles. The number of hydrogen-bond acceptors (Lipinski definition) is 2. The fourth-order valence-electron chi connectivity index (χ4n) is 1.88. The number of aryl methyl sites for hydroxylation is 1. The number of fused-ring (bicyclic) bond motifs is 1. The van der Waals surface area contributed by atoms with Gasteiger partial charge in [-0.3, -0.25) is 10.1 Å². The van der Waals surface area contributed by atoms with E-state index in [-0.39, 0.29) is 0 Å². The summed E-state index contributed by atoms with van der Waals surface area (Å²) >= 11 is 0. The summed E-state index contributed by atoms with van der Waals surface area (Å²) in [4.78, 5) is 13.0. The number of benzene rings is 1. The molecule has 1 aromatic carbocycles. The van der Waals surface area contributed by atoms with E-state index in [1.807, 2.05) is 31.2 Å². The topological polar surface area (TPSA) is 58.9 Å². The molecule has 0 bridgehead atoms. The Balaban J connectivity index is 2.56. The van der Waals surface area contributed by atoms with E-state index in [1.54, 1.807) is 0 Å². The number of nitro groups is 1. The fourth-order valence-corrected chi connectivity index (χ4v) is 1.88. The molecular formula is C12H12N2O2. The van der Waals surface area contributed by atoms with E-state index in [4.69, 9.17) is 0 Å². The van der Waals surface area contributed by atoms with Gasteiger partial charge in [-0.25, -0.2) is 0 Å². The van der Waals surface area contributed by atoms with Gasteiger partial charge in [-0.15, -0.1) is 0 Å². The van der Waals surface area contributed by atoms with Crippen molar-refractivity contribution in [1.29, 1.82) is 0 Å². The number of aromatic amines is 1. The molecule has 0 atom stereocenters. The smallest absolute Gasteiger partial charge is 0.236 e. The lowest BCUT2D eigenvalue weighted by Gasteiger charge is -1.94. The van der Waals surface area contributed by atoms with Gasteiger partial charge in [0.2, 0.25) is 6.20 Å². The molecule has 0 aliphatic heterocycles. The van der Waals surface area contributed by atoms with Crippen LogP contribution in [0.5, 0.6) is 0 Å². The van der Waals surface area contributed by atoms with E-state index in [2.05, 4.69) is 4.98 Å². The van der Waals surface area contributed by atoms with E-state index in [1.165, 1.54) is 6.08 Å². The molecule has 1 aromatic heterocycles. The Kier molecular flexibility index (Phi) is 2.72. The first-order chi connectivity index (χ1) is 7.72. The van der Waals surface area contributed by atoms with Gasteiger partial charge in [0.1, 0.15) is 0 Å². The fraction of sp³-hybridized carbons (Fsp3) is 0.167. The Morgan fingerprint density at radius 1 is 1.44 bits per heavy atom. The molecule has 4 heteroatoms. The summed E-state index contributed by atoms with van der Waals surface area (Å²) in [6.07, 6.45) is 3.32. The number of rotatable bonds is 3. The average molecular weight is 216 g/mol. The SMILES string of the molecule is CCc1c(C=C[N+](=O)[O-])[nH]c2ccccc12. The second-order valence-corrected chi connectivity index (χ2v) is 3.52. The number of hydrogen-bond donors (Lipinski definition) is 1. The van der Waals surface area contributed by atoms with Gasteiger partial charge in [0.25, 0.3) is 0 Å². The molecule has 0 spiro atoms. The van der Waals surface area contributed by atoms with E-state index in [9.17, 15) is 10.1 Å². The van der Waals surface area contributed by atoms with Crippen molar-refractivity contribution in [1.82, 2.24) is 4.98 Å². The van der Waals surface area contributed by atoms with Crippen LogP contribution in [0.15, 0.2) is 30.5 Å². The highest BCUT2D eigenvalue weighted by Gasteiger charge is 2.07. The Morgan fingerprint density at radius 3 is 2.88 bits per heavy atom. The number of H-pyrrole nitrogens is 1. The first-order valence-corrected chi connectivity index (χ1v) is 5.13. The molecule has 16 heavy (non-hydrogen) atoms. The van der Waals surface area contributed by atoms with Crippen molar-refractivity contribution < 1.29 is 4.92 Å². The molecule has 0 radical (unpaired) electrons. The minimum absolute atomic E-state index is 0.453. The van der Waals surface area contributed by atoms with E-state index in [0.717, 1.165) is 34.8 Å². The van der Waals surface area contributed by atoms with Crippen molar-refractivity contribution in [2.45, 2.75) is 13.3 Å². The maximum atomic E-state index is 10.3. The van der Waals surface area contributed by atoms with Gasteiger partial charge in [-0.05, 0) is 18.1 Å². The van der Waals surface area contributed by atoms with Gasteiger partial charge < -0.3 is 4.98 Å². The summed E-state index contributed by atoms with van der Waals surface area (Å²) in [6, 6.07) is 7.90. The lowest BCUT2D eigenvalue weighted by Crippen LogP contribution is -1.85. The highest BCUT2D eigenvalue weighted by molar-refractivity contribution is 5.87. The lowest BCUT2D eigenvalue weighted by molar-refractivity contribution is -0.401. The summed E-state index contributed by atoms with van der Waals surface area (Å²) in [5.74, 6) is 0. The Labute approximate surface area is 92.7 Å². The minimum Gasteiger partial charge on any atom is -0.355 e. The Morgan fingerprint density at radius 2 is 2.19 bits per heavy atom. The van der Waals surface area contributed by atoms with Crippen LogP contribution in [0.1, 0.15) is 18.2 Å². The van der Waals surface area contributed by atoms with Crippen LogP contribution < -0.4 is 0 Å². The van der Waals surface area contributed by atoms with Crippen molar-refractivity contribution in [3.8, 4) is 0 Å². The van der Waals surface area contributed by atoms with E-state index < -0.39 is 4.92 Å². The first kappa shape index (κ1) is 10.4. The van der Waals surface area contributed by atoms with Crippen LogP contribution >= 0.6 is 0 Å². The average Bonchev–Trinajstić information content (AvgIpc) is 2.63. The van der Waals surface area contributed by atoms with Crippen LogP contribution in [0.3, 0.4) is 0 Å². The number of nitrogens with zero attached hydrogens (tertiary/aromatic N) is 1. The molecule has 2 aromatic rings. The number of para-hydroxylation sites is 1. The zero-order valence-corrected chi connectivity index (χ0v) is 8.93. The van der Waals surface area contributed by atoms with Gasteiger partial charge in [-0.1, -0.05) is 25.1 Å². The molecule has 82 valence electrons. The van der Waals surface area contributed by atoms with E-state index in [0.29, 0.717) is 0 Å². The van der Waals surface area contributed by atoms with Crippen LogP contribution in [0.4, 0.5) is 0 Å². The molecule has 4 nitrogen and oxygen atoms in total. The molecule has 0 amide bonds. The third kappa shape index (κ3) is 1.82. The summed E-state index contributed by atoms with van der Waals surface area (Å²) < 4.78 is 0. The van der Waals surface area contributed by atoms with Gasteiger partial charge in [0, 0.05) is 22.7 Å². The predicted octanol–water partition coefficient (Wildman–Crippen LogP) is 2.98. The van der Waals surface area contributed by atoms with Crippen LogP contribution in [0, 0.1) is 10.1 Å². The Hall–Kier alpha value is -2.10. The molecule has 0 aliphatic rings. The van der Waals surface area contributed by atoms with Crippen molar-refractivity contribution in [2.75, 3.05) is 0 Å². The monoisotopic (exact) mass is 216 g/mol. The first-order valence-electron chi connectivity index (χ1n) is 5.13. The normalized spacial score (nSPS) is 11.3. The highest BCUT2D eigenvalue weighted by Crippen LogP contribution is 2.23. The third-order valence-corrected chi connectivity index (χ3v) is 2.56. The summed E-state index contributed by atoms with van der Waals surface area (Å²) in [7, 11) is 0. The lowest BCUT2D eigenvalue weighted by atomic mass is 10.1. The molecule has 0 unspecified atom stereocenters. The predicted molar refractivity (Wildman–Crippen MR) is 63.7 cm³/mol. The van der Waals surface area contributed by atoms with Gasteiger partial charge in [-0.2, -0.15) is 0 Å². The summed E-state index contributed by atoms with van der Waals surface area (Å²) in [6.45, 7) is 2.04. The molecule has 0 fully saturated rings. The van der Waals surface area contributed by atoms with E-state index >= 15 is 0 Å². The highest BCUT2D eigenvalue weighted by atomic mass is 16.6. The van der Waals surface area contributed by atoms with Crippen molar-refractivity contribution >= 4 is 17.0 Å². The number of nitrogens with one attached hydrogen (secondary N) is 1. The summed E-state index contributed by atoms with van der Waals surface area (Å²) in [5.41, 5.74) is 2.96. The van der Waals surface area contributed by atoms with Crippen LogP contribution in [-0.2, 0) is 6.42 Å². The maximum absolute atomic E-state index is 10.3. The van der Waals surface area contributed by atoms with Crippen LogP contribution in [0.25, 0.3) is 17.0 Å². The molecule has 1 heterocycles. The zero-order valence-electron chi connectivity index (χ0n) is 8.93. The van der Waals surface area contributed by atoms with Crippen molar-refractivity contribution in [2.24, 2.45) is 0 Å². The van der Waals surface area contributed by atoms with Gasteiger partial charge in [0.15, 0.2) is 0 Å². The van der Waals surface area contributed by atoms with Gasteiger partial charge in [0.05, 0.1) is 4.92 Å². The third-order valence-electron chi connectivity index (χ3n) is 2.56. The quantitative estimate of drug-likeness (QED) is 0.633. The maximum Gasteiger partial charge on any atom is 0.236 e. The molecule has 1 N–H and O–H groups in total. The second-order valence-electron chi connectivity index (χ2n) is 3.52. The zero-order chi connectivity index (χ0) is 11.5. The Bertz CT molecular complexity index is 555. The molecule has 0 aliphatic carbocycles. The molecule has 0 saturated carbocycles.